The van der Waals surface area contributed by atoms with E-state index in [-0.39, 0.29) is 18.4 Å². The summed E-state index contributed by atoms with van der Waals surface area (Å²) in [5, 5.41) is 2.01. The van der Waals surface area contributed by atoms with Crippen molar-refractivity contribution >= 4 is 74.1 Å². The van der Waals surface area contributed by atoms with Gasteiger partial charge >= 0.3 is 0 Å². The van der Waals surface area contributed by atoms with E-state index in [1.165, 1.54) is 0 Å². The van der Waals surface area contributed by atoms with E-state index in [0.29, 0.717) is 62.4 Å². The lowest BCUT2D eigenvalue weighted by atomic mass is 10.1. The van der Waals surface area contributed by atoms with Gasteiger partial charge in [-0.15, -0.1) is 0 Å². The molecule has 2 aromatic heterocycles. The number of pyridine rings is 2. The summed E-state index contributed by atoms with van der Waals surface area (Å²) in [6, 6.07) is 40.3. The van der Waals surface area contributed by atoms with Crippen molar-refractivity contribution < 1.29 is 18.9 Å². The Kier molecular flexibility index (Phi) is 13.4. The summed E-state index contributed by atoms with van der Waals surface area (Å²) in [4.78, 5) is 35.6. The molecule has 0 fully saturated rings. The summed E-state index contributed by atoms with van der Waals surface area (Å²) in [6.45, 7) is 1.23. The molecule has 12 heteroatoms. The molecule has 0 aliphatic rings. The van der Waals surface area contributed by atoms with Crippen molar-refractivity contribution in [3.05, 3.63) is 216 Å². The minimum absolute atomic E-state index is 0.132. The summed E-state index contributed by atoms with van der Waals surface area (Å²) in [5.41, 5.74) is 5.29. The van der Waals surface area contributed by atoms with Gasteiger partial charge in [0, 0.05) is 91.5 Å². The minimum Gasteiger partial charge on any atom is -0.457 e. The minimum atomic E-state index is -0.194. The largest absolute Gasteiger partial charge is 0.457 e. The molecular weight excluding hydrogens is 878 g/mol. The fourth-order valence-electron chi connectivity index (χ4n) is 6.39. The topological polar surface area (TPSA) is 66.6 Å². The highest BCUT2D eigenvalue weighted by Crippen LogP contribution is 2.27. The first-order chi connectivity index (χ1) is 28.1. The van der Waals surface area contributed by atoms with Gasteiger partial charge in [-0.2, -0.15) is 4.57 Å². The standard InChI is InChI=1S/C46H34BrCl4N4O3/c47-37-9-1-7-34(21-37)45(56)54(29-33-19-39(49)23-40(50)20-33)28-32-6-4-18-53(27-32)41-13-15-42(16-14-41)58-43-10-2-8-35(22-43)46(57)55(26-31-5-3-17-52-25-31)30-36-11-12-38(48)24-44(36)51/h1-25,27H,26,28-30H2/q+1. The molecule has 0 N–H and O–H groups in total. The second kappa shape index (κ2) is 19.0. The van der Waals surface area contributed by atoms with Gasteiger partial charge in [-0.25, -0.2) is 0 Å². The van der Waals surface area contributed by atoms with Crippen LogP contribution in [0.2, 0.25) is 20.1 Å². The first-order valence-electron chi connectivity index (χ1n) is 18.1. The SMILES string of the molecule is O=C(c1cccc(Br)c1)N(Cc1cc(Cl)cc(Cl)c1)Cc1ccc[n+](-c2ccc(Oc3cccc(C(=O)N(Cc4cccnc4)Cc4ccc(Cl)cc4Cl)c3)cc2)c1. The third-order valence-electron chi connectivity index (χ3n) is 9.10. The lowest BCUT2D eigenvalue weighted by Crippen LogP contribution is -2.33. The zero-order chi connectivity index (χ0) is 40.6. The van der Waals surface area contributed by atoms with E-state index >= 15 is 0 Å². The molecule has 0 atom stereocenters. The molecule has 0 aliphatic heterocycles. The average molecular weight is 913 g/mol. The monoisotopic (exact) mass is 909 g/mol. The molecule has 0 saturated carbocycles. The molecular formula is C46H34BrCl4N4O3+. The molecule has 0 bridgehead atoms. The van der Waals surface area contributed by atoms with E-state index in [1.54, 1.807) is 70.7 Å². The average Bonchev–Trinajstić information content (AvgIpc) is 3.21. The van der Waals surface area contributed by atoms with E-state index in [9.17, 15) is 9.59 Å². The number of nitrogens with zero attached hydrogens (tertiary/aromatic N) is 4. The Morgan fingerprint density at radius 3 is 1.98 bits per heavy atom. The Bertz CT molecular complexity index is 2560. The molecule has 0 saturated heterocycles. The summed E-state index contributed by atoms with van der Waals surface area (Å²) < 4.78 is 9.04. The Morgan fingerprint density at radius 2 is 1.28 bits per heavy atom. The van der Waals surface area contributed by atoms with Crippen LogP contribution in [0.5, 0.6) is 11.5 Å². The molecule has 7 nitrogen and oxygen atoms in total. The van der Waals surface area contributed by atoms with E-state index < -0.39 is 0 Å². The number of ether oxygens (including phenoxy) is 1. The van der Waals surface area contributed by atoms with Crippen molar-refractivity contribution in [2.45, 2.75) is 26.2 Å². The van der Waals surface area contributed by atoms with Crippen molar-refractivity contribution in [3.63, 3.8) is 0 Å². The highest BCUT2D eigenvalue weighted by molar-refractivity contribution is 9.10. The van der Waals surface area contributed by atoms with Gasteiger partial charge in [0.2, 0.25) is 5.69 Å². The summed E-state index contributed by atoms with van der Waals surface area (Å²) in [6.07, 6.45) is 7.37. The second-order valence-corrected chi connectivity index (χ2v) is 16.1. The van der Waals surface area contributed by atoms with Crippen LogP contribution < -0.4 is 9.30 Å². The van der Waals surface area contributed by atoms with Gasteiger partial charge < -0.3 is 14.5 Å². The van der Waals surface area contributed by atoms with Crippen LogP contribution >= 0.6 is 62.3 Å². The van der Waals surface area contributed by atoms with Gasteiger partial charge in [-0.05, 0) is 108 Å². The number of carbonyl (C=O) groups is 2. The van der Waals surface area contributed by atoms with E-state index in [4.69, 9.17) is 51.1 Å². The first-order valence-corrected chi connectivity index (χ1v) is 20.4. The second-order valence-electron chi connectivity index (χ2n) is 13.5. The Balaban J connectivity index is 1.07. The zero-order valence-electron chi connectivity index (χ0n) is 30.7. The number of hydrogen-bond acceptors (Lipinski definition) is 4. The molecule has 58 heavy (non-hydrogen) atoms. The molecule has 0 aliphatic carbocycles. The molecule has 7 rings (SSSR count). The third-order valence-corrected chi connectivity index (χ3v) is 10.6. The lowest BCUT2D eigenvalue weighted by Gasteiger charge is -2.24. The molecule has 290 valence electrons. The smallest absolute Gasteiger partial charge is 0.254 e. The molecule has 0 radical (unpaired) electrons. The van der Waals surface area contributed by atoms with Crippen LogP contribution in [0.15, 0.2) is 163 Å². The molecule has 2 amide bonds. The number of hydrogen-bond donors (Lipinski definition) is 0. The maximum Gasteiger partial charge on any atom is 0.254 e. The zero-order valence-corrected chi connectivity index (χ0v) is 35.4. The van der Waals surface area contributed by atoms with E-state index in [1.807, 2.05) is 102 Å². The molecule has 2 heterocycles. The lowest BCUT2D eigenvalue weighted by molar-refractivity contribution is -0.596. The van der Waals surface area contributed by atoms with Crippen LogP contribution in [0.4, 0.5) is 0 Å². The number of amides is 2. The van der Waals surface area contributed by atoms with E-state index in [0.717, 1.165) is 32.4 Å². The quantitative estimate of drug-likeness (QED) is 0.108. The molecule has 0 unspecified atom stereocenters. The normalized spacial score (nSPS) is 10.9. The van der Waals surface area contributed by atoms with Crippen LogP contribution in [0.25, 0.3) is 5.69 Å². The maximum atomic E-state index is 14.0. The summed E-state index contributed by atoms with van der Waals surface area (Å²) >= 11 is 28.8. The van der Waals surface area contributed by atoms with Gasteiger partial charge in [-0.1, -0.05) is 86.6 Å². The van der Waals surface area contributed by atoms with Crippen LogP contribution in [0.3, 0.4) is 0 Å². The summed E-state index contributed by atoms with van der Waals surface area (Å²) in [5.74, 6) is 0.777. The van der Waals surface area contributed by atoms with Crippen LogP contribution in [-0.2, 0) is 26.2 Å². The van der Waals surface area contributed by atoms with Crippen molar-refractivity contribution in [1.82, 2.24) is 14.8 Å². The highest BCUT2D eigenvalue weighted by atomic mass is 79.9. The predicted molar refractivity (Wildman–Crippen MR) is 233 cm³/mol. The van der Waals surface area contributed by atoms with Gasteiger partial charge in [0.25, 0.3) is 11.8 Å². The van der Waals surface area contributed by atoms with Crippen LogP contribution in [0, 0.1) is 0 Å². The fraction of sp³-hybridized carbons (Fsp3) is 0.0870. The molecule has 0 spiro atoms. The molecule has 5 aromatic carbocycles. The van der Waals surface area contributed by atoms with E-state index in [2.05, 4.69) is 20.9 Å². The maximum absolute atomic E-state index is 14.0. The number of carbonyl (C=O) groups excluding carboxylic acids is 2. The Morgan fingerprint density at radius 1 is 0.603 bits per heavy atom. The third kappa shape index (κ3) is 10.8. The van der Waals surface area contributed by atoms with Gasteiger partial charge in [0.1, 0.15) is 11.5 Å². The van der Waals surface area contributed by atoms with Crippen molar-refractivity contribution in [2.75, 3.05) is 0 Å². The van der Waals surface area contributed by atoms with Gasteiger partial charge in [0.05, 0.1) is 6.54 Å². The molecule has 7 aromatic rings. The predicted octanol–water partition coefficient (Wildman–Crippen LogP) is 12.2. The van der Waals surface area contributed by atoms with Crippen molar-refractivity contribution in [1.29, 1.82) is 0 Å². The fourth-order valence-corrected chi connectivity index (χ4v) is 7.83. The van der Waals surface area contributed by atoms with Gasteiger partial charge in [-0.3, -0.25) is 14.6 Å². The highest BCUT2D eigenvalue weighted by Gasteiger charge is 2.21. The van der Waals surface area contributed by atoms with Gasteiger partial charge in [0.15, 0.2) is 12.4 Å². The van der Waals surface area contributed by atoms with Crippen LogP contribution in [0.1, 0.15) is 43.0 Å². The number of halogens is 5. The Hall–Kier alpha value is -5.22. The number of rotatable bonds is 13. The van der Waals surface area contributed by atoms with Crippen LogP contribution in [-0.4, -0.2) is 26.6 Å². The van der Waals surface area contributed by atoms with Crippen molar-refractivity contribution in [2.24, 2.45) is 0 Å². The number of aromatic nitrogens is 2. The summed E-state index contributed by atoms with van der Waals surface area (Å²) in [7, 11) is 0. The van der Waals surface area contributed by atoms with Crippen molar-refractivity contribution in [3.8, 4) is 17.2 Å². The first kappa shape index (κ1) is 41.0. The Labute approximate surface area is 365 Å². The number of benzene rings is 5.